The lowest BCUT2D eigenvalue weighted by molar-refractivity contribution is -0.127. The summed E-state index contributed by atoms with van der Waals surface area (Å²) in [5.74, 6) is 0.458. The zero-order valence-electron chi connectivity index (χ0n) is 11.5. The van der Waals surface area contributed by atoms with E-state index in [9.17, 15) is 4.79 Å². The lowest BCUT2D eigenvalue weighted by Gasteiger charge is -2.26. The SMILES string of the molecule is COc1cc(CNC(=O)C2(C(N)=S)CCCC2)ccn1. The van der Waals surface area contributed by atoms with E-state index in [2.05, 4.69) is 10.3 Å². The first-order valence-electron chi connectivity index (χ1n) is 6.65. The summed E-state index contributed by atoms with van der Waals surface area (Å²) in [5.41, 5.74) is 6.06. The quantitative estimate of drug-likeness (QED) is 0.806. The molecule has 0 bridgehead atoms. The molecule has 1 aliphatic rings. The number of carbonyl (C=O) groups excluding carboxylic acids is 1. The molecule has 0 aliphatic heterocycles. The lowest BCUT2D eigenvalue weighted by Crippen LogP contribution is -2.46. The Morgan fingerprint density at radius 3 is 2.85 bits per heavy atom. The number of amides is 1. The molecule has 0 saturated heterocycles. The highest BCUT2D eigenvalue weighted by atomic mass is 32.1. The van der Waals surface area contributed by atoms with E-state index in [1.165, 1.54) is 0 Å². The second-order valence-corrected chi connectivity index (χ2v) is 5.48. The van der Waals surface area contributed by atoms with Crippen LogP contribution in [0.3, 0.4) is 0 Å². The highest BCUT2D eigenvalue weighted by molar-refractivity contribution is 7.80. The number of carbonyl (C=O) groups is 1. The van der Waals surface area contributed by atoms with Crippen molar-refractivity contribution in [2.75, 3.05) is 7.11 Å². The van der Waals surface area contributed by atoms with Crippen molar-refractivity contribution < 1.29 is 9.53 Å². The fourth-order valence-electron chi connectivity index (χ4n) is 2.59. The van der Waals surface area contributed by atoms with Crippen LogP contribution in [0.1, 0.15) is 31.2 Å². The number of hydrogen-bond donors (Lipinski definition) is 2. The van der Waals surface area contributed by atoms with E-state index in [-0.39, 0.29) is 5.91 Å². The first-order chi connectivity index (χ1) is 9.58. The van der Waals surface area contributed by atoms with Gasteiger partial charge >= 0.3 is 0 Å². The Hall–Kier alpha value is -1.69. The summed E-state index contributed by atoms with van der Waals surface area (Å²) in [6.45, 7) is 0.419. The van der Waals surface area contributed by atoms with E-state index in [1.54, 1.807) is 19.4 Å². The summed E-state index contributed by atoms with van der Waals surface area (Å²) in [6.07, 6.45) is 5.13. The predicted molar refractivity (Wildman–Crippen MR) is 80.3 cm³/mol. The van der Waals surface area contributed by atoms with Gasteiger partial charge in [-0.15, -0.1) is 0 Å². The Kier molecular flexibility index (Phi) is 4.54. The molecule has 6 heteroatoms. The maximum atomic E-state index is 12.4. The lowest BCUT2D eigenvalue weighted by atomic mass is 9.85. The number of hydrogen-bond acceptors (Lipinski definition) is 4. The van der Waals surface area contributed by atoms with Gasteiger partial charge in [0.15, 0.2) is 0 Å². The van der Waals surface area contributed by atoms with Gasteiger partial charge in [-0.1, -0.05) is 25.1 Å². The summed E-state index contributed by atoms with van der Waals surface area (Å²) < 4.78 is 5.05. The molecule has 1 heterocycles. The summed E-state index contributed by atoms with van der Waals surface area (Å²) >= 11 is 5.10. The van der Waals surface area contributed by atoms with Crippen LogP contribution in [0.5, 0.6) is 5.88 Å². The minimum atomic E-state index is -0.660. The largest absolute Gasteiger partial charge is 0.481 e. The van der Waals surface area contributed by atoms with Gasteiger partial charge in [-0.2, -0.15) is 0 Å². The van der Waals surface area contributed by atoms with Crippen LogP contribution in [0, 0.1) is 5.41 Å². The molecule has 0 unspecified atom stereocenters. The zero-order valence-corrected chi connectivity index (χ0v) is 12.3. The van der Waals surface area contributed by atoms with E-state index in [1.807, 2.05) is 6.07 Å². The molecule has 1 aromatic rings. The number of methoxy groups -OCH3 is 1. The smallest absolute Gasteiger partial charge is 0.233 e. The molecule has 20 heavy (non-hydrogen) atoms. The zero-order chi connectivity index (χ0) is 14.6. The van der Waals surface area contributed by atoms with Crippen molar-refractivity contribution in [3.8, 4) is 5.88 Å². The van der Waals surface area contributed by atoms with Crippen molar-refractivity contribution in [1.82, 2.24) is 10.3 Å². The maximum Gasteiger partial charge on any atom is 0.233 e. The standard InChI is InChI=1S/C14H19N3O2S/c1-19-11-8-10(4-7-16-11)9-17-13(18)14(12(15)20)5-2-3-6-14/h4,7-8H,2-3,5-6,9H2,1H3,(H2,15,20)(H,17,18). The number of rotatable bonds is 5. The molecule has 3 N–H and O–H groups in total. The summed E-state index contributed by atoms with van der Waals surface area (Å²) in [4.78, 5) is 16.7. The topological polar surface area (TPSA) is 77.2 Å². The molecule has 108 valence electrons. The van der Waals surface area contributed by atoms with Gasteiger partial charge in [0, 0.05) is 18.8 Å². The molecule has 1 fully saturated rings. The number of ether oxygens (including phenoxy) is 1. The van der Waals surface area contributed by atoms with Crippen molar-refractivity contribution >= 4 is 23.1 Å². The first-order valence-corrected chi connectivity index (χ1v) is 7.06. The fraction of sp³-hybridized carbons (Fsp3) is 0.500. The molecular weight excluding hydrogens is 274 g/mol. The van der Waals surface area contributed by atoms with Crippen LogP contribution in [0.4, 0.5) is 0 Å². The molecule has 1 aromatic heterocycles. The van der Waals surface area contributed by atoms with Crippen LogP contribution >= 0.6 is 12.2 Å². The van der Waals surface area contributed by atoms with Crippen LogP contribution in [0.15, 0.2) is 18.3 Å². The van der Waals surface area contributed by atoms with Gasteiger partial charge in [0.05, 0.1) is 17.5 Å². The average molecular weight is 293 g/mol. The molecule has 0 radical (unpaired) electrons. The minimum absolute atomic E-state index is 0.0710. The third-order valence-corrected chi connectivity index (χ3v) is 4.22. The maximum absolute atomic E-state index is 12.4. The molecular formula is C14H19N3O2S. The van der Waals surface area contributed by atoms with Crippen LogP contribution in [-0.4, -0.2) is 23.0 Å². The molecule has 1 saturated carbocycles. The van der Waals surface area contributed by atoms with Crippen LogP contribution < -0.4 is 15.8 Å². The van der Waals surface area contributed by atoms with E-state index >= 15 is 0 Å². The summed E-state index contributed by atoms with van der Waals surface area (Å²) in [5, 5.41) is 2.92. The monoisotopic (exact) mass is 293 g/mol. The summed E-state index contributed by atoms with van der Waals surface area (Å²) in [6, 6.07) is 3.63. The molecule has 1 amide bonds. The number of thiocarbonyl (C=S) groups is 1. The van der Waals surface area contributed by atoms with Gasteiger partial charge in [-0.05, 0) is 24.5 Å². The van der Waals surface area contributed by atoms with Gasteiger partial charge in [-0.25, -0.2) is 4.98 Å². The number of pyridine rings is 1. The van der Waals surface area contributed by atoms with Crippen molar-refractivity contribution in [3.05, 3.63) is 23.9 Å². The third kappa shape index (κ3) is 2.90. The highest BCUT2D eigenvalue weighted by Gasteiger charge is 2.43. The van der Waals surface area contributed by atoms with Crippen molar-refractivity contribution in [1.29, 1.82) is 0 Å². The molecule has 0 spiro atoms. The van der Waals surface area contributed by atoms with E-state index in [4.69, 9.17) is 22.7 Å². The minimum Gasteiger partial charge on any atom is -0.481 e. The number of nitrogens with one attached hydrogen (secondary N) is 1. The fourth-order valence-corrected chi connectivity index (χ4v) is 2.88. The van der Waals surface area contributed by atoms with Crippen molar-refractivity contribution in [2.24, 2.45) is 11.1 Å². The number of aromatic nitrogens is 1. The van der Waals surface area contributed by atoms with Crippen LogP contribution in [0.2, 0.25) is 0 Å². The van der Waals surface area contributed by atoms with E-state index < -0.39 is 5.41 Å². The normalized spacial score (nSPS) is 16.6. The van der Waals surface area contributed by atoms with Gasteiger partial charge in [0.1, 0.15) is 0 Å². The number of nitrogens with two attached hydrogens (primary N) is 1. The molecule has 0 aromatic carbocycles. The van der Waals surface area contributed by atoms with Crippen LogP contribution in [0.25, 0.3) is 0 Å². The number of nitrogens with zero attached hydrogens (tertiary/aromatic N) is 1. The molecule has 5 nitrogen and oxygen atoms in total. The average Bonchev–Trinajstić information content (AvgIpc) is 2.96. The first kappa shape index (κ1) is 14.7. The Morgan fingerprint density at radius 2 is 2.25 bits per heavy atom. The third-order valence-electron chi connectivity index (χ3n) is 3.82. The van der Waals surface area contributed by atoms with Crippen molar-refractivity contribution in [3.63, 3.8) is 0 Å². The molecule has 2 rings (SSSR count). The molecule has 1 aliphatic carbocycles. The van der Waals surface area contributed by atoms with Crippen molar-refractivity contribution in [2.45, 2.75) is 32.2 Å². The van der Waals surface area contributed by atoms with E-state index in [0.717, 1.165) is 31.2 Å². The van der Waals surface area contributed by atoms with Gasteiger partial charge in [0.2, 0.25) is 11.8 Å². The second kappa shape index (κ2) is 6.17. The predicted octanol–water partition coefficient (Wildman–Crippen LogP) is 1.55. The Bertz CT molecular complexity index is 513. The Balaban J connectivity index is 2.02. The van der Waals surface area contributed by atoms with Gasteiger partial charge in [0.25, 0.3) is 0 Å². The van der Waals surface area contributed by atoms with Crippen LogP contribution in [-0.2, 0) is 11.3 Å². The summed E-state index contributed by atoms with van der Waals surface area (Å²) in [7, 11) is 1.56. The Labute approximate surface area is 123 Å². The second-order valence-electron chi connectivity index (χ2n) is 5.04. The molecule has 0 atom stereocenters. The highest BCUT2D eigenvalue weighted by Crippen LogP contribution is 2.38. The van der Waals surface area contributed by atoms with Gasteiger partial charge < -0.3 is 15.8 Å². The van der Waals surface area contributed by atoms with Gasteiger partial charge in [-0.3, -0.25) is 4.79 Å². The Morgan fingerprint density at radius 1 is 1.55 bits per heavy atom. The van der Waals surface area contributed by atoms with E-state index in [0.29, 0.717) is 17.4 Å².